The Morgan fingerprint density at radius 2 is 1.32 bits per heavy atom. The highest BCUT2D eigenvalue weighted by atomic mass is 16.5. The first kappa shape index (κ1) is 16.9. The van der Waals surface area contributed by atoms with Gasteiger partial charge in [-0.05, 0) is 38.0 Å². The van der Waals surface area contributed by atoms with E-state index in [2.05, 4.69) is 34.6 Å². The third kappa shape index (κ3) is 4.17. The van der Waals surface area contributed by atoms with Crippen LogP contribution in [0, 0.1) is 16.7 Å². The predicted molar refractivity (Wildman–Crippen MR) is 78.4 cm³/mol. The molecule has 1 aliphatic rings. The van der Waals surface area contributed by atoms with Gasteiger partial charge in [-0.15, -0.1) is 0 Å². The molecule has 0 aromatic heterocycles. The standard InChI is InChI=1S/C16H32O3/c1-14(2,3)16(10-17-6,11-18-7)12-19-15(4,5)13-8-9-13/h13H,8-12H2,1-7H3. The number of ether oxygens (including phenoxy) is 3. The van der Waals surface area contributed by atoms with Crippen LogP contribution in [-0.2, 0) is 14.2 Å². The summed E-state index contributed by atoms with van der Waals surface area (Å²) in [5.41, 5.74) is -0.0701. The summed E-state index contributed by atoms with van der Waals surface area (Å²) in [7, 11) is 3.50. The van der Waals surface area contributed by atoms with E-state index in [0.717, 1.165) is 5.92 Å². The molecule has 3 nitrogen and oxygen atoms in total. The Bertz CT molecular complexity index is 268. The SMILES string of the molecule is COCC(COC)(COC(C)(C)C1CC1)C(C)(C)C. The Hall–Kier alpha value is -0.120. The van der Waals surface area contributed by atoms with Gasteiger partial charge in [0.25, 0.3) is 0 Å². The van der Waals surface area contributed by atoms with Crippen molar-refractivity contribution in [1.29, 1.82) is 0 Å². The molecule has 0 aliphatic heterocycles. The monoisotopic (exact) mass is 272 g/mol. The molecule has 0 amide bonds. The van der Waals surface area contributed by atoms with Gasteiger partial charge in [0, 0.05) is 19.6 Å². The zero-order valence-electron chi connectivity index (χ0n) is 13.8. The fourth-order valence-electron chi connectivity index (χ4n) is 2.55. The van der Waals surface area contributed by atoms with Gasteiger partial charge in [0.05, 0.1) is 25.4 Å². The van der Waals surface area contributed by atoms with Gasteiger partial charge in [-0.25, -0.2) is 0 Å². The van der Waals surface area contributed by atoms with Gasteiger partial charge in [0.15, 0.2) is 0 Å². The highest BCUT2D eigenvalue weighted by Gasteiger charge is 2.46. The lowest BCUT2D eigenvalue weighted by atomic mass is 9.67. The lowest BCUT2D eigenvalue weighted by Gasteiger charge is -2.45. The van der Waals surface area contributed by atoms with Crippen LogP contribution in [0.2, 0.25) is 0 Å². The second-order valence-corrected chi connectivity index (χ2v) is 7.56. The van der Waals surface area contributed by atoms with Crippen molar-refractivity contribution in [2.24, 2.45) is 16.7 Å². The predicted octanol–water partition coefficient (Wildman–Crippen LogP) is 3.52. The highest BCUT2D eigenvalue weighted by Crippen LogP contribution is 2.45. The average molecular weight is 272 g/mol. The van der Waals surface area contributed by atoms with E-state index in [-0.39, 0.29) is 16.4 Å². The van der Waals surface area contributed by atoms with Crippen LogP contribution in [0.25, 0.3) is 0 Å². The summed E-state index contributed by atoms with van der Waals surface area (Å²) >= 11 is 0. The Morgan fingerprint density at radius 3 is 1.63 bits per heavy atom. The van der Waals surface area contributed by atoms with Gasteiger partial charge in [0.2, 0.25) is 0 Å². The van der Waals surface area contributed by atoms with E-state index in [1.807, 2.05) is 0 Å². The van der Waals surface area contributed by atoms with E-state index in [1.165, 1.54) is 12.8 Å². The minimum Gasteiger partial charge on any atom is -0.384 e. The molecule has 0 atom stereocenters. The average Bonchev–Trinajstić information content (AvgIpc) is 3.09. The molecule has 0 bridgehead atoms. The topological polar surface area (TPSA) is 27.7 Å². The maximum Gasteiger partial charge on any atom is 0.0654 e. The fraction of sp³-hybridized carbons (Fsp3) is 1.00. The minimum absolute atomic E-state index is 0.0298. The molecule has 1 rings (SSSR count). The van der Waals surface area contributed by atoms with Crippen molar-refractivity contribution in [3.63, 3.8) is 0 Å². The van der Waals surface area contributed by atoms with Crippen molar-refractivity contribution in [2.75, 3.05) is 34.0 Å². The van der Waals surface area contributed by atoms with Crippen LogP contribution in [0.5, 0.6) is 0 Å². The number of rotatable bonds is 8. The van der Waals surface area contributed by atoms with Crippen molar-refractivity contribution in [2.45, 2.75) is 53.1 Å². The van der Waals surface area contributed by atoms with Crippen molar-refractivity contribution in [3.05, 3.63) is 0 Å². The van der Waals surface area contributed by atoms with Gasteiger partial charge < -0.3 is 14.2 Å². The molecule has 0 aromatic carbocycles. The van der Waals surface area contributed by atoms with E-state index in [0.29, 0.717) is 19.8 Å². The summed E-state index contributed by atoms with van der Waals surface area (Å²) in [5.74, 6) is 0.718. The van der Waals surface area contributed by atoms with Crippen LogP contribution in [0.4, 0.5) is 0 Å². The molecule has 114 valence electrons. The van der Waals surface area contributed by atoms with Gasteiger partial charge in [-0.1, -0.05) is 20.8 Å². The zero-order valence-corrected chi connectivity index (χ0v) is 13.8. The van der Waals surface area contributed by atoms with E-state index < -0.39 is 0 Å². The molecule has 0 heterocycles. The first-order valence-electron chi connectivity index (χ1n) is 7.30. The molecular weight excluding hydrogens is 240 g/mol. The van der Waals surface area contributed by atoms with Crippen LogP contribution < -0.4 is 0 Å². The van der Waals surface area contributed by atoms with Gasteiger partial charge in [0.1, 0.15) is 0 Å². The molecular formula is C16H32O3. The maximum absolute atomic E-state index is 6.29. The molecule has 19 heavy (non-hydrogen) atoms. The quantitative estimate of drug-likeness (QED) is 0.676. The third-order valence-electron chi connectivity index (χ3n) is 4.71. The number of methoxy groups -OCH3 is 2. The largest absolute Gasteiger partial charge is 0.384 e. The Labute approximate surface area is 119 Å². The second-order valence-electron chi connectivity index (χ2n) is 7.56. The highest BCUT2D eigenvalue weighted by molar-refractivity contribution is 4.94. The molecule has 1 fully saturated rings. The molecule has 0 N–H and O–H groups in total. The van der Waals surface area contributed by atoms with Crippen LogP contribution in [-0.4, -0.2) is 39.6 Å². The van der Waals surface area contributed by atoms with Crippen molar-refractivity contribution in [1.82, 2.24) is 0 Å². The zero-order chi connectivity index (χ0) is 14.7. The maximum atomic E-state index is 6.29. The molecule has 1 aliphatic carbocycles. The third-order valence-corrected chi connectivity index (χ3v) is 4.71. The minimum atomic E-state index is -0.108. The summed E-state index contributed by atoms with van der Waals surface area (Å²) in [6.07, 6.45) is 2.59. The van der Waals surface area contributed by atoms with Crippen molar-refractivity contribution >= 4 is 0 Å². The summed E-state index contributed by atoms with van der Waals surface area (Å²) in [4.78, 5) is 0. The summed E-state index contributed by atoms with van der Waals surface area (Å²) < 4.78 is 17.2. The lowest BCUT2D eigenvalue weighted by molar-refractivity contribution is -0.148. The number of hydrogen-bond acceptors (Lipinski definition) is 3. The summed E-state index contributed by atoms with van der Waals surface area (Å²) in [5, 5.41) is 0. The lowest BCUT2D eigenvalue weighted by Crippen LogP contribution is -2.49. The first-order chi connectivity index (χ1) is 8.68. The van der Waals surface area contributed by atoms with Crippen LogP contribution in [0.1, 0.15) is 47.5 Å². The van der Waals surface area contributed by atoms with E-state index in [1.54, 1.807) is 14.2 Å². The molecule has 0 saturated heterocycles. The van der Waals surface area contributed by atoms with E-state index in [4.69, 9.17) is 14.2 Å². The van der Waals surface area contributed by atoms with Crippen molar-refractivity contribution < 1.29 is 14.2 Å². The Kier molecular flexibility index (Phi) is 5.44. The molecule has 0 radical (unpaired) electrons. The number of hydrogen-bond donors (Lipinski definition) is 0. The van der Waals surface area contributed by atoms with Gasteiger partial charge in [-0.2, -0.15) is 0 Å². The molecule has 0 aromatic rings. The summed E-state index contributed by atoms with van der Waals surface area (Å²) in [6.45, 7) is 13.1. The van der Waals surface area contributed by atoms with Gasteiger partial charge in [-0.3, -0.25) is 0 Å². The van der Waals surface area contributed by atoms with Crippen LogP contribution >= 0.6 is 0 Å². The van der Waals surface area contributed by atoms with Crippen molar-refractivity contribution in [3.8, 4) is 0 Å². The van der Waals surface area contributed by atoms with E-state index >= 15 is 0 Å². The van der Waals surface area contributed by atoms with Crippen LogP contribution in [0.3, 0.4) is 0 Å². The first-order valence-corrected chi connectivity index (χ1v) is 7.30. The summed E-state index contributed by atoms with van der Waals surface area (Å²) in [6, 6.07) is 0. The smallest absolute Gasteiger partial charge is 0.0654 e. The van der Waals surface area contributed by atoms with E-state index in [9.17, 15) is 0 Å². The molecule has 3 heteroatoms. The fourth-order valence-corrected chi connectivity index (χ4v) is 2.55. The normalized spacial score (nSPS) is 17.8. The van der Waals surface area contributed by atoms with Gasteiger partial charge >= 0.3 is 0 Å². The molecule has 1 saturated carbocycles. The molecule has 0 spiro atoms. The Balaban J connectivity index is 2.77. The Morgan fingerprint density at radius 1 is 0.842 bits per heavy atom. The van der Waals surface area contributed by atoms with Crippen LogP contribution in [0.15, 0.2) is 0 Å². The molecule has 0 unspecified atom stereocenters. The second kappa shape index (κ2) is 6.11.